The Labute approximate surface area is 117 Å². The molecule has 0 aliphatic carbocycles. The Bertz CT molecular complexity index is 568. The molecule has 2 N–H and O–H groups in total. The summed E-state index contributed by atoms with van der Waals surface area (Å²) in [5, 5.41) is 15.9. The Kier molecular flexibility index (Phi) is 4.53. The van der Waals surface area contributed by atoms with Crippen LogP contribution in [-0.2, 0) is 24.3 Å². The smallest absolute Gasteiger partial charge is 0.307 e. The highest BCUT2D eigenvalue weighted by molar-refractivity contribution is 5.70. The summed E-state index contributed by atoms with van der Waals surface area (Å²) in [5.41, 5.74) is 3.93. The average Bonchev–Trinajstić information content (AvgIpc) is 2.72. The normalized spacial score (nSPS) is 10.7. The number of nitrogens with one attached hydrogen (secondary N) is 1. The van der Waals surface area contributed by atoms with Gasteiger partial charge in [-0.2, -0.15) is 0 Å². The van der Waals surface area contributed by atoms with Crippen molar-refractivity contribution in [3.8, 4) is 0 Å². The van der Waals surface area contributed by atoms with Gasteiger partial charge in [-0.3, -0.25) is 4.79 Å². The Balaban J connectivity index is 1.87. The summed E-state index contributed by atoms with van der Waals surface area (Å²) in [4.78, 5) is 10.6. The lowest BCUT2D eigenvalue weighted by molar-refractivity contribution is -0.136. The zero-order valence-corrected chi connectivity index (χ0v) is 11.6. The molecule has 0 atom stereocenters. The lowest BCUT2D eigenvalue weighted by atomic mass is 10.1. The first-order valence-corrected chi connectivity index (χ1v) is 6.48. The summed E-state index contributed by atoms with van der Waals surface area (Å²) >= 11 is 0. The summed E-state index contributed by atoms with van der Waals surface area (Å²) in [6, 6.07) is 7.58. The van der Waals surface area contributed by atoms with Crippen LogP contribution in [-0.4, -0.2) is 16.2 Å². The average molecular weight is 274 g/mol. The molecule has 1 aromatic carbocycles. The van der Waals surface area contributed by atoms with Gasteiger partial charge in [-0.05, 0) is 25.0 Å². The van der Waals surface area contributed by atoms with E-state index in [0.717, 1.165) is 34.7 Å². The molecule has 5 nitrogen and oxygen atoms in total. The highest BCUT2D eigenvalue weighted by Gasteiger charge is 2.07. The van der Waals surface area contributed by atoms with Gasteiger partial charge in [0.15, 0.2) is 0 Å². The maximum absolute atomic E-state index is 10.6. The van der Waals surface area contributed by atoms with Gasteiger partial charge in [-0.25, -0.2) is 0 Å². The first-order chi connectivity index (χ1) is 9.56. The summed E-state index contributed by atoms with van der Waals surface area (Å²) in [6.07, 6.45) is 0.0623. The Morgan fingerprint density at radius 2 is 1.85 bits per heavy atom. The molecule has 1 aromatic heterocycles. The highest BCUT2D eigenvalue weighted by atomic mass is 16.5. The fraction of sp³-hybridized carbons (Fsp3) is 0.333. The molecule has 5 heteroatoms. The van der Waals surface area contributed by atoms with Crippen LogP contribution in [0.1, 0.15) is 28.1 Å². The SMILES string of the molecule is Cc1noc(C)c1CNCc1ccc(CC(=O)O)cc1. The van der Waals surface area contributed by atoms with Crippen molar-refractivity contribution in [1.29, 1.82) is 0 Å². The zero-order valence-electron chi connectivity index (χ0n) is 11.6. The first-order valence-electron chi connectivity index (χ1n) is 6.48. The third-order valence-corrected chi connectivity index (χ3v) is 3.19. The molecule has 0 aliphatic heterocycles. The number of hydrogen-bond donors (Lipinski definition) is 2. The van der Waals surface area contributed by atoms with Crippen LogP contribution >= 0.6 is 0 Å². The standard InChI is InChI=1S/C15H18N2O3/c1-10-14(11(2)20-17-10)9-16-8-13-5-3-12(4-6-13)7-15(18)19/h3-6,16H,7-9H2,1-2H3,(H,18,19). The van der Waals surface area contributed by atoms with Crippen LogP contribution < -0.4 is 5.32 Å². The van der Waals surface area contributed by atoms with E-state index in [4.69, 9.17) is 9.63 Å². The van der Waals surface area contributed by atoms with Gasteiger partial charge in [0, 0.05) is 18.7 Å². The van der Waals surface area contributed by atoms with Crippen molar-refractivity contribution >= 4 is 5.97 Å². The molecule has 0 unspecified atom stereocenters. The number of rotatable bonds is 6. The molecule has 0 saturated heterocycles. The number of benzene rings is 1. The second-order valence-electron chi connectivity index (χ2n) is 4.79. The van der Waals surface area contributed by atoms with Crippen molar-refractivity contribution < 1.29 is 14.4 Å². The minimum absolute atomic E-state index is 0.0623. The van der Waals surface area contributed by atoms with Gasteiger partial charge < -0.3 is 14.9 Å². The fourth-order valence-electron chi connectivity index (χ4n) is 2.04. The van der Waals surface area contributed by atoms with Crippen LogP contribution in [0.15, 0.2) is 28.8 Å². The van der Waals surface area contributed by atoms with Gasteiger partial charge >= 0.3 is 5.97 Å². The largest absolute Gasteiger partial charge is 0.481 e. The molecule has 2 rings (SSSR count). The van der Waals surface area contributed by atoms with Crippen LogP contribution in [0.5, 0.6) is 0 Å². The van der Waals surface area contributed by atoms with Gasteiger partial charge in [0.05, 0.1) is 12.1 Å². The van der Waals surface area contributed by atoms with Crippen LogP contribution in [0.4, 0.5) is 0 Å². The summed E-state index contributed by atoms with van der Waals surface area (Å²) < 4.78 is 5.11. The van der Waals surface area contributed by atoms with E-state index in [1.54, 1.807) is 0 Å². The molecule has 0 spiro atoms. The molecular formula is C15H18N2O3. The number of hydrogen-bond acceptors (Lipinski definition) is 4. The van der Waals surface area contributed by atoms with E-state index < -0.39 is 5.97 Å². The van der Waals surface area contributed by atoms with E-state index >= 15 is 0 Å². The molecule has 0 saturated carbocycles. The number of nitrogens with zero attached hydrogens (tertiary/aromatic N) is 1. The maximum Gasteiger partial charge on any atom is 0.307 e. The van der Waals surface area contributed by atoms with Gasteiger partial charge in [-0.1, -0.05) is 29.4 Å². The van der Waals surface area contributed by atoms with Crippen molar-refractivity contribution in [2.45, 2.75) is 33.4 Å². The van der Waals surface area contributed by atoms with E-state index in [9.17, 15) is 4.79 Å². The van der Waals surface area contributed by atoms with Gasteiger partial charge in [0.2, 0.25) is 0 Å². The first kappa shape index (κ1) is 14.3. The van der Waals surface area contributed by atoms with Crippen molar-refractivity contribution in [2.75, 3.05) is 0 Å². The van der Waals surface area contributed by atoms with Crippen LogP contribution in [0.2, 0.25) is 0 Å². The predicted octanol–water partition coefficient (Wildman–Crippen LogP) is 2.21. The topological polar surface area (TPSA) is 75.4 Å². The number of aryl methyl sites for hydroxylation is 2. The second kappa shape index (κ2) is 6.34. The van der Waals surface area contributed by atoms with Crippen LogP contribution in [0, 0.1) is 13.8 Å². The molecule has 0 bridgehead atoms. The monoisotopic (exact) mass is 274 g/mol. The third kappa shape index (κ3) is 3.68. The predicted molar refractivity (Wildman–Crippen MR) is 74.3 cm³/mol. The van der Waals surface area contributed by atoms with Crippen LogP contribution in [0.25, 0.3) is 0 Å². The van der Waals surface area contributed by atoms with Crippen molar-refractivity contribution in [3.05, 3.63) is 52.4 Å². The van der Waals surface area contributed by atoms with Crippen molar-refractivity contribution in [2.24, 2.45) is 0 Å². The number of carboxylic acid groups (broad SMARTS) is 1. The number of carboxylic acids is 1. The Morgan fingerprint density at radius 3 is 2.40 bits per heavy atom. The molecule has 0 radical (unpaired) electrons. The minimum atomic E-state index is -0.811. The molecule has 20 heavy (non-hydrogen) atoms. The fourth-order valence-corrected chi connectivity index (χ4v) is 2.04. The molecule has 2 aromatic rings. The number of aromatic nitrogens is 1. The molecule has 0 amide bonds. The van der Waals surface area contributed by atoms with E-state index in [2.05, 4.69) is 10.5 Å². The number of aliphatic carboxylic acids is 1. The van der Waals surface area contributed by atoms with Gasteiger partial charge in [-0.15, -0.1) is 0 Å². The minimum Gasteiger partial charge on any atom is -0.481 e. The van der Waals surface area contributed by atoms with Gasteiger partial charge in [0.25, 0.3) is 0 Å². The quantitative estimate of drug-likeness (QED) is 0.844. The summed E-state index contributed by atoms with van der Waals surface area (Å²) in [7, 11) is 0. The highest BCUT2D eigenvalue weighted by Crippen LogP contribution is 2.12. The molecule has 0 aliphatic rings. The van der Waals surface area contributed by atoms with Crippen molar-refractivity contribution in [1.82, 2.24) is 10.5 Å². The lowest BCUT2D eigenvalue weighted by Crippen LogP contribution is -2.13. The molecular weight excluding hydrogens is 256 g/mol. The van der Waals surface area contributed by atoms with E-state index in [1.807, 2.05) is 38.1 Å². The Morgan fingerprint density at radius 1 is 1.20 bits per heavy atom. The second-order valence-corrected chi connectivity index (χ2v) is 4.79. The van der Waals surface area contributed by atoms with E-state index in [-0.39, 0.29) is 6.42 Å². The number of carbonyl (C=O) groups is 1. The van der Waals surface area contributed by atoms with Crippen LogP contribution in [0.3, 0.4) is 0 Å². The van der Waals surface area contributed by atoms with Gasteiger partial charge in [0.1, 0.15) is 5.76 Å². The molecule has 0 fully saturated rings. The molecule has 106 valence electrons. The van der Waals surface area contributed by atoms with Crippen molar-refractivity contribution in [3.63, 3.8) is 0 Å². The maximum atomic E-state index is 10.6. The summed E-state index contributed by atoms with van der Waals surface area (Å²) in [5.74, 6) is 0.0288. The third-order valence-electron chi connectivity index (χ3n) is 3.19. The van der Waals surface area contributed by atoms with E-state index in [0.29, 0.717) is 6.54 Å². The zero-order chi connectivity index (χ0) is 14.5. The molecule has 1 heterocycles. The lowest BCUT2D eigenvalue weighted by Gasteiger charge is -2.05. The van der Waals surface area contributed by atoms with E-state index in [1.165, 1.54) is 0 Å². The Hall–Kier alpha value is -2.14. The summed E-state index contributed by atoms with van der Waals surface area (Å²) in [6.45, 7) is 5.25.